The first-order chi connectivity index (χ1) is 9.66. The summed E-state index contributed by atoms with van der Waals surface area (Å²) < 4.78 is 6.11. The van der Waals surface area contributed by atoms with Gasteiger partial charge in [-0.25, -0.2) is 5.10 Å². The van der Waals surface area contributed by atoms with Gasteiger partial charge in [-0.15, -0.1) is 0 Å². The van der Waals surface area contributed by atoms with Crippen molar-refractivity contribution < 1.29 is 4.52 Å². The van der Waals surface area contributed by atoms with Crippen molar-refractivity contribution in [3.8, 4) is 22.6 Å². The van der Waals surface area contributed by atoms with Crippen molar-refractivity contribution >= 4 is 21.7 Å². The zero-order chi connectivity index (χ0) is 14.1. The number of nitrogens with zero attached hydrogens (tertiary/aromatic N) is 2. The number of rotatable bonds is 2. The van der Waals surface area contributed by atoms with E-state index in [9.17, 15) is 4.79 Å². The number of hydrogen-bond acceptors (Lipinski definition) is 5. The molecule has 3 rings (SSSR count). The van der Waals surface area contributed by atoms with Gasteiger partial charge in [0.05, 0.1) is 5.56 Å². The molecule has 0 radical (unpaired) electrons. The molecule has 7 heteroatoms. The molecule has 20 heavy (non-hydrogen) atoms. The van der Waals surface area contributed by atoms with Gasteiger partial charge < -0.3 is 10.3 Å². The molecule has 3 aromatic rings. The molecule has 0 saturated carbocycles. The smallest absolute Gasteiger partial charge is 0.264 e. The van der Waals surface area contributed by atoms with Gasteiger partial charge in [-0.2, -0.15) is 5.10 Å². The second-order valence-corrected chi connectivity index (χ2v) is 4.91. The van der Waals surface area contributed by atoms with Crippen LogP contribution in [0.3, 0.4) is 0 Å². The minimum Gasteiger partial charge on any atom is -0.380 e. The topological polar surface area (TPSA) is 97.8 Å². The molecular weight excluding hydrogens is 324 g/mol. The fourth-order valence-electron chi connectivity index (χ4n) is 1.87. The highest BCUT2D eigenvalue weighted by Crippen LogP contribution is 2.38. The lowest BCUT2D eigenvalue weighted by Gasteiger charge is -2.04. The Kier molecular flexibility index (Phi) is 3.11. The number of benzene rings is 1. The maximum Gasteiger partial charge on any atom is 0.264 e. The molecule has 0 spiro atoms. The van der Waals surface area contributed by atoms with Gasteiger partial charge in [0.2, 0.25) is 0 Å². The van der Waals surface area contributed by atoms with Crippen LogP contribution in [0.1, 0.15) is 0 Å². The van der Waals surface area contributed by atoms with Gasteiger partial charge in [0.15, 0.2) is 11.6 Å². The molecule has 100 valence electrons. The lowest BCUT2D eigenvalue weighted by Crippen LogP contribution is -2.05. The first kappa shape index (κ1) is 12.6. The predicted molar refractivity (Wildman–Crippen MR) is 77.9 cm³/mol. The highest BCUT2D eigenvalue weighted by atomic mass is 79.9. The second kappa shape index (κ2) is 4.93. The fourth-order valence-corrected chi connectivity index (χ4v) is 2.36. The van der Waals surface area contributed by atoms with Crippen molar-refractivity contribution in [3.05, 3.63) is 51.2 Å². The van der Waals surface area contributed by atoms with Crippen LogP contribution in [0.4, 0.5) is 5.82 Å². The lowest BCUT2D eigenvalue weighted by molar-refractivity contribution is 0.434. The van der Waals surface area contributed by atoms with E-state index in [1.165, 1.54) is 6.07 Å². The number of nitrogens with two attached hydrogens (primary N) is 1. The number of aromatic amines is 1. The molecule has 3 N–H and O–H groups in total. The van der Waals surface area contributed by atoms with Gasteiger partial charge in [0, 0.05) is 16.1 Å². The van der Waals surface area contributed by atoms with Crippen molar-refractivity contribution in [2.45, 2.75) is 0 Å². The summed E-state index contributed by atoms with van der Waals surface area (Å²) >= 11 is 3.47. The third kappa shape index (κ3) is 2.12. The van der Waals surface area contributed by atoms with E-state index in [0.717, 1.165) is 10.0 Å². The molecule has 0 aliphatic rings. The molecule has 1 aromatic carbocycles. The number of H-pyrrole nitrogens is 1. The lowest BCUT2D eigenvalue weighted by atomic mass is 10.0. The van der Waals surface area contributed by atoms with Gasteiger partial charge in [-0.05, 0) is 12.1 Å². The summed E-state index contributed by atoms with van der Waals surface area (Å²) in [6, 6.07) is 10.5. The van der Waals surface area contributed by atoms with Crippen LogP contribution in [-0.2, 0) is 0 Å². The average Bonchev–Trinajstić information content (AvgIpc) is 2.82. The molecule has 0 atom stereocenters. The van der Waals surface area contributed by atoms with Crippen molar-refractivity contribution in [2.75, 3.05) is 5.73 Å². The Hall–Kier alpha value is -2.41. The molecular formula is C13H9BrN4O2. The van der Waals surface area contributed by atoms with Crippen LogP contribution in [0.25, 0.3) is 22.6 Å². The molecule has 0 amide bonds. The third-order valence-corrected chi connectivity index (χ3v) is 3.46. The predicted octanol–water partition coefficient (Wildman–Crippen LogP) is 2.44. The molecule has 2 aromatic heterocycles. The summed E-state index contributed by atoms with van der Waals surface area (Å²) in [5.41, 5.74) is 7.53. The maximum absolute atomic E-state index is 11.1. The van der Waals surface area contributed by atoms with Crippen LogP contribution in [0.15, 0.2) is 50.2 Å². The minimum atomic E-state index is -0.288. The normalized spacial score (nSPS) is 10.7. The van der Waals surface area contributed by atoms with Crippen LogP contribution in [0.5, 0.6) is 0 Å². The quantitative estimate of drug-likeness (QED) is 0.751. The Morgan fingerprint density at radius 1 is 1.20 bits per heavy atom. The van der Waals surface area contributed by atoms with Crippen LogP contribution >= 0.6 is 15.9 Å². The first-order valence-corrected chi connectivity index (χ1v) is 6.52. The van der Waals surface area contributed by atoms with Crippen LogP contribution in [0.2, 0.25) is 0 Å². The van der Waals surface area contributed by atoms with E-state index in [-0.39, 0.29) is 11.4 Å². The number of anilines is 1. The Bertz CT molecular complexity index is 805. The molecule has 0 saturated heterocycles. The highest BCUT2D eigenvalue weighted by Gasteiger charge is 2.20. The molecule has 0 aliphatic carbocycles. The Morgan fingerprint density at radius 2 is 2.00 bits per heavy atom. The summed E-state index contributed by atoms with van der Waals surface area (Å²) in [4.78, 5) is 11.1. The number of hydrogen-bond donors (Lipinski definition) is 2. The van der Waals surface area contributed by atoms with E-state index < -0.39 is 0 Å². The van der Waals surface area contributed by atoms with E-state index in [0.29, 0.717) is 17.0 Å². The van der Waals surface area contributed by atoms with E-state index in [2.05, 4.69) is 31.3 Å². The second-order valence-electron chi connectivity index (χ2n) is 4.06. The first-order valence-electron chi connectivity index (χ1n) is 5.73. The van der Waals surface area contributed by atoms with Gasteiger partial charge in [-0.1, -0.05) is 39.3 Å². The zero-order valence-corrected chi connectivity index (χ0v) is 11.7. The largest absolute Gasteiger partial charge is 0.380 e. The number of halogens is 1. The van der Waals surface area contributed by atoms with Crippen LogP contribution < -0.4 is 11.3 Å². The Labute approximate surface area is 121 Å². The van der Waals surface area contributed by atoms with E-state index in [1.54, 1.807) is 6.07 Å². The standard InChI is InChI=1S/C13H9BrN4O2/c14-8-4-2-1-3-7(8)11-12(20-18-13(11)15)9-5-6-10(19)17-16-9/h1-6H,(H2,15,18)(H,17,19). The molecule has 0 unspecified atom stereocenters. The molecule has 2 heterocycles. The Balaban J connectivity index is 2.23. The van der Waals surface area contributed by atoms with Gasteiger partial charge in [-0.3, -0.25) is 4.79 Å². The molecule has 0 bridgehead atoms. The fraction of sp³-hybridized carbons (Fsp3) is 0. The highest BCUT2D eigenvalue weighted by molar-refractivity contribution is 9.10. The van der Waals surface area contributed by atoms with Crippen molar-refractivity contribution in [1.29, 1.82) is 0 Å². The summed E-state index contributed by atoms with van der Waals surface area (Å²) in [5, 5.41) is 10.1. The van der Waals surface area contributed by atoms with Gasteiger partial charge in [0.25, 0.3) is 5.56 Å². The average molecular weight is 333 g/mol. The number of nitrogens with one attached hydrogen (secondary N) is 1. The maximum atomic E-state index is 11.1. The van der Waals surface area contributed by atoms with Gasteiger partial charge >= 0.3 is 0 Å². The SMILES string of the molecule is Nc1noc(-c2ccc(=O)[nH]n2)c1-c1ccccc1Br. The monoisotopic (exact) mass is 332 g/mol. The van der Waals surface area contributed by atoms with E-state index in [4.69, 9.17) is 10.3 Å². The Morgan fingerprint density at radius 3 is 2.70 bits per heavy atom. The zero-order valence-electron chi connectivity index (χ0n) is 10.1. The summed E-state index contributed by atoms with van der Waals surface area (Å²) in [6.45, 7) is 0. The minimum absolute atomic E-state index is 0.264. The van der Waals surface area contributed by atoms with Crippen molar-refractivity contribution in [3.63, 3.8) is 0 Å². The van der Waals surface area contributed by atoms with Crippen molar-refractivity contribution in [2.24, 2.45) is 0 Å². The molecule has 0 fully saturated rings. The van der Waals surface area contributed by atoms with Crippen LogP contribution in [0, 0.1) is 0 Å². The third-order valence-electron chi connectivity index (χ3n) is 2.77. The summed E-state index contributed by atoms with van der Waals surface area (Å²) in [6.07, 6.45) is 0. The van der Waals surface area contributed by atoms with Gasteiger partial charge in [0.1, 0.15) is 5.69 Å². The molecule has 6 nitrogen and oxygen atoms in total. The number of aromatic nitrogens is 3. The van der Waals surface area contributed by atoms with Crippen molar-refractivity contribution in [1.82, 2.24) is 15.4 Å². The van der Waals surface area contributed by atoms with Crippen LogP contribution in [-0.4, -0.2) is 15.4 Å². The van der Waals surface area contributed by atoms with E-state index >= 15 is 0 Å². The van der Waals surface area contributed by atoms with E-state index in [1.807, 2.05) is 24.3 Å². The summed E-state index contributed by atoms with van der Waals surface area (Å²) in [7, 11) is 0. The summed E-state index contributed by atoms with van der Waals surface area (Å²) in [5.74, 6) is 0.672. The number of nitrogen functional groups attached to an aromatic ring is 1. The molecule has 0 aliphatic heterocycles.